The van der Waals surface area contributed by atoms with E-state index >= 15 is 0 Å². The predicted molar refractivity (Wildman–Crippen MR) is 121 cm³/mol. The van der Waals surface area contributed by atoms with E-state index in [0.29, 0.717) is 23.4 Å². The molecule has 3 fully saturated rings. The highest BCUT2D eigenvalue weighted by Gasteiger charge is 2.59. The zero-order valence-corrected chi connectivity index (χ0v) is 18.4. The standard InChI is InChI=1S/C28H34O2/c1-27-16-14-21(29)18-20(27)9-10-22-23-11-12-25(28(23,2)17-15-24(22)27)26(30)13-8-19-6-4-3-5-7-19/h3-8,13,18,22-25H,9-12,14-17H2,1-2H3. The van der Waals surface area contributed by atoms with Crippen molar-refractivity contribution in [2.75, 3.05) is 0 Å². The molecule has 0 saturated heterocycles. The maximum absolute atomic E-state index is 13.2. The molecule has 158 valence electrons. The maximum Gasteiger partial charge on any atom is 0.159 e. The van der Waals surface area contributed by atoms with Crippen LogP contribution in [-0.4, -0.2) is 11.6 Å². The van der Waals surface area contributed by atoms with E-state index in [9.17, 15) is 9.59 Å². The van der Waals surface area contributed by atoms with Crippen LogP contribution in [0, 0.1) is 34.5 Å². The average molecular weight is 403 g/mol. The van der Waals surface area contributed by atoms with Crippen LogP contribution in [0.1, 0.15) is 70.8 Å². The maximum atomic E-state index is 13.2. The fourth-order valence-corrected chi connectivity index (χ4v) is 7.89. The van der Waals surface area contributed by atoms with Crippen molar-refractivity contribution in [3.8, 4) is 0 Å². The van der Waals surface area contributed by atoms with Gasteiger partial charge < -0.3 is 0 Å². The Hall–Kier alpha value is -1.96. The number of allylic oxidation sites excluding steroid dienone is 2. The highest BCUT2D eigenvalue weighted by molar-refractivity contribution is 5.96. The Kier molecular flexibility index (Phi) is 4.87. The summed E-state index contributed by atoms with van der Waals surface area (Å²) < 4.78 is 0. The SMILES string of the molecule is CC12CCC(=O)C=C1CCC1C2CCC2(C)C(C(=O)C=Cc3ccccc3)CCC12. The summed E-state index contributed by atoms with van der Waals surface area (Å²) in [6.07, 6.45) is 14.5. The molecule has 0 N–H and O–H groups in total. The van der Waals surface area contributed by atoms with Gasteiger partial charge in [-0.3, -0.25) is 9.59 Å². The van der Waals surface area contributed by atoms with Crippen LogP contribution in [-0.2, 0) is 9.59 Å². The first-order chi connectivity index (χ1) is 14.4. The quantitative estimate of drug-likeness (QED) is 0.547. The Morgan fingerprint density at radius 2 is 1.77 bits per heavy atom. The number of benzene rings is 1. The summed E-state index contributed by atoms with van der Waals surface area (Å²) in [5.41, 5.74) is 2.88. The van der Waals surface area contributed by atoms with E-state index in [1.807, 2.05) is 36.4 Å². The van der Waals surface area contributed by atoms with Crippen LogP contribution in [0.3, 0.4) is 0 Å². The van der Waals surface area contributed by atoms with Crippen molar-refractivity contribution in [2.24, 2.45) is 34.5 Å². The molecule has 6 unspecified atom stereocenters. The van der Waals surface area contributed by atoms with Crippen molar-refractivity contribution in [1.82, 2.24) is 0 Å². The molecule has 2 nitrogen and oxygen atoms in total. The normalized spacial score (nSPS) is 40.5. The number of hydrogen-bond donors (Lipinski definition) is 0. The number of carbonyl (C=O) groups is 2. The van der Waals surface area contributed by atoms with Crippen molar-refractivity contribution in [3.63, 3.8) is 0 Å². The van der Waals surface area contributed by atoms with Gasteiger partial charge in [0.25, 0.3) is 0 Å². The van der Waals surface area contributed by atoms with Crippen LogP contribution in [0.15, 0.2) is 48.1 Å². The molecular formula is C28H34O2. The largest absolute Gasteiger partial charge is 0.295 e. The summed E-state index contributed by atoms with van der Waals surface area (Å²) in [5.74, 6) is 2.89. The lowest BCUT2D eigenvalue weighted by molar-refractivity contribution is -0.126. The van der Waals surface area contributed by atoms with E-state index in [4.69, 9.17) is 0 Å². The molecule has 0 spiro atoms. The number of hydrogen-bond acceptors (Lipinski definition) is 2. The van der Waals surface area contributed by atoms with E-state index in [1.54, 1.807) is 0 Å². The topological polar surface area (TPSA) is 34.1 Å². The second kappa shape index (κ2) is 7.32. The second-order valence-corrected chi connectivity index (χ2v) is 10.8. The molecule has 0 bridgehead atoms. The molecule has 0 aliphatic heterocycles. The summed E-state index contributed by atoms with van der Waals surface area (Å²) >= 11 is 0. The van der Waals surface area contributed by atoms with Crippen LogP contribution in [0.5, 0.6) is 0 Å². The number of ketones is 2. The van der Waals surface area contributed by atoms with E-state index in [2.05, 4.69) is 26.0 Å². The zero-order valence-electron chi connectivity index (χ0n) is 18.4. The molecule has 3 saturated carbocycles. The van der Waals surface area contributed by atoms with Gasteiger partial charge in [-0.1, -0.05) is 55.8 Å². The van der Waals surface area contributed by atoms with Crippen LogP contribution < -0.4 is 0 Å². The molecule has 4 aliphatic rings. The van der Waals surface area contributed by atoms with Gasteiger partial charge in [-0.2, -0.15) is 0 Å². The highest BCUT2D eigenvalue weighted by Crippen LogP contribution is 2.66. The van der Waals surface area contributed by atoms with E-state index < -0.39 is 0 Å². The van der Waals surface area contributed by atoms with Crippen molar-refractivity contribution in [3.05, 3.63) is 53.6 Å². The first-order valence-electron chi connectivity index (χ1n) is 11.9. The van der Waals surface area contributed by atoms with Crippen molar-refractivity contribution >= 4 is 17.6 Å². The van der Waals surface area contributed by atoms with Crippen LogP contribution >= 0.6 is 0 Å². The third-order valence-electron chi connectivity index (χ3n) is 9.55. The summed E-state index contributed by atoms with van der Waals surface area (Å²) in [6, 6.07) is 10.1. The fraction of sp³-hybridized carbons (Fsp3) is 0.571. The molecular weight excluding hydrogens is 368 g/mol. The Balaban J connectivity index is 1.37. The fourth-order valence-electron chi connectivity index (χ4n) is 7.89. The second-order valence-electron chi connectivity index (χ2n) is 10.8. The van der Waals surface area contributed by atoms with Gasteiger partial charge in [-0.25, -0.2) is 0 Å². The Labute approximate surface area is 180 Å². The summed E-state index contributed by atoms with van der Waals surface area (Å²) in [7, 11) is 0. The van der Waals surface area contributed by atoms with Crippen molar-refractivity contribution < 1.29 is 9.59 Å². The molecule has 4 aliphatic carbocycles. The molecule has 6 atom stereocenters. The molecule has 0 heterocycles. The average Bonchev–Trinajstić information content (AvgIpc) is 3.10. The highest BCUT2D eigenvalue weighted by atomic mass is 16.1. The van der Waals surface area contributed by atoms with Gasteiger partial charge in [-0.05, 0) is 91.2 Å². The van der Waals surface area contributed by atoms with Gasteiger partial charge in [0.05, 0.1) is 0 Å². The molecule has 30 heavy (non-hydrogen) atoms. The summed E-state index contributed by atoms with van der Waals surface area (Å²) in [5, 5.41) is 0. The van der Waals surface area contributed by atoms with Gasteiger partial charge >= 0.3 is 0 Å². The minimum absolute atomic E-state index is 0.140. The van der Waals surface area contributed by atoms with Gasteiger partial charge in [0.2, 0.25) is 0 Å². The smallest absolute Gasteiger partial charge is 0.159 e. The van der Waals surface area contributed by atoms with Crippen molar-refractivity contribution in [2.45, 2.75) is 65.2 Å². The zero-order chi connectivity index (χ0) is 20.9. The molecule has 2 heteroatoms. The number of carbonyl (C=O) groups excluding carboxylic acids is 2. The Morgan fingerprint density at radius 1 is 0.967 bits per heavy atom. The number of fused-ring (bicyclic) bond motifs is 5. The van der Waals surface area contributed by atoms with Crippen LogP contribution in [0.4, 0.5) is 0 Å². The summed E-state index contributed by atoms with van der Waals surface area (Å²) in [6.45, 7) is 4.85. The molecule has 1 aromatic carbocycles. The molecule has 0 amide bonds. The van der Waals surface area contributed by atoms with E-state index in [0.717, 1.165) is 43.6 Å². The third kappa shape index (κ3) is 3.06. The van der Waals surface area contributed by atoms with Crippen LogP contribution in [0.25, 0.3) is 6.08 Å². The first-order valence-corrected chi connectivity index (χ1v) is 11.9. The van der Waals surface area contributed by atoms with Crippen molar-refractivity contribution in [1.29, 1.82) is 0 Å². The molecule has 0 radical (unpaired) electrons. The Morgan fingerprint density at radius 3 is 2.57 bits per heavy atom. The van der Waals surface area contributed by atoms with Gasteiger partial charge in [0.1, 0.15) is 0 Å². The van der Waals surface area contributed by atoms with Gasteiger partial charge in [0.15, 0.2) is 11.6 Å². The number of rotatable bonds is 3. The lowest BCUT2D eigenvalue weighted by atomic mass is 9.46. The lowest BCUT2D eigenvalue weighted by Gasteiger charge is -2.58. The lowest BCUT2D eigenvalue weighted by Crippen LogP contribution is -2.51. The Bertz CT molecular complexity index is 910. The molecule has 5 rings (SSSR count). The predicted octanol–water partition coefficient (Wildman–Crippen LogP) is 6.42. The van der Waals surface area contributed by atoms with Gasteiger partial charge in [0, 0.05) is 12.3 Å². The third-order valence-corrected chi connectivity index (χ3v) is 9.55. The van der Waals surface area contributed by atoms with E-state index in [-0.39, 0.29) is 16.7 Å². The summed E-state index contributed by atoms with van der Waals surface area (Å²) in [4.78, 5) is 25.2. The molecule has 1 aromatic rings. The minimum Gasteiger partial charge on any atom is -0.295 e. The minimum atomic E-state index is 0.140. The van der Waals surface area contributed by atoms with Gasteiger partial charge in [-0.15, -0.1) is 0 Å². The van der Waals surface area contributed by atoms with Crippen LogP contribution in [0.2, 0.25) is 0 Å². The molecule has 0 aromatic heterocycles. The first kappa shape index (κ1) is 20.0. The van der Waals surface area contributed by atoms with E-state index in [1.165, 1.54) is 24.8 Å². The monoisotopic (exact) mass is 402 g/mol.